The van der Waals surface area contributed by atoms with Crippen LogP contribution in [-0.2, 0) is 4.79 Å². The summed E-state index contributed by atoms with van der Waals surface area (Å²) in [6.45, 7) is 11.0. The molecule has 0 aromatic heterocycles. The molecular weight excluding hydrogens is 422 g/mol. The van der Waals surface area contributed by atoms with Crippen LogP contribution in [0.5, 0.6) is 0 Å². The number of hydrogen-bond acceptors (Lipinski definition) is 5. The molecule has 0 saturated carbocycles. The second-order valence-electron chi connectivity index (χ2n) is 9.71. The predicted molar refractivity (Wildman–Crippen MR) is 138 cm³/mol. The maximum Gasteiger partial charge on any atom is 0.222 e. The molecule has 0 atom stereocenters. The van der Waals surface area contributed by atoms with Gasteiger partial charge in [-0.25, -0.2) is 0 Å². The summed E-state index contributed by atoms with van der Waals surface area (Å²) in [6, 6.07) is 17.3. The van der Waals surface area contributed by atoms with Gasteiger partial charge in [-0.3, -0.25) is 9.69 Å². The number of nitrogens with zero attached hydrogens (tertiary/aromatic N) is 4. The van der Waals surface area contributed by atoms with Gasteiger partial charge < -0.3 is 15.1 Å². The standard InChI is InChI=1S/C28H37N5O/c1-22-5-9-27(10-6-22)32-18-16-31(17-19-32)13-3-4-28(34)33-14-11-25(12-15-33)30-26-8-7-24(21-29)23(2)20-26/h5-10,20,25,30H,3-4,11-19H2,1-2H3. The molecule has 2 aromatic carbocycles. The minimum atomic E-state index is 0.297. The van der Waals surface area contributed by atoms with E-state index in [4.69, 9.17) is 5.26 Å². The maximum atomic E-state index is 12.7. The third-order valence-electron chi connectivity index (χ3n) is 7.20. The summed E-state index contributed by atoms with van der Waals surface area (Å²) < 4.78 is 0. The smallest absolute Gasteiger partial charge is 0.222 e. The number of piperidine rings is 1. The Morgan fingerprint density at radius 3 is 2.35 bits per heavy atom. The molecule has 180 valence electrons. The molecule has 0 bridgehead atoms. The normalized spacial score (nSPS) is 17.4. The van der Waals surface area contributed by atoms with Crippen molar-refractivity contribution in [3.63, 3.8) is 0 Å². The van der Waals surface area contributed by atoms with Crippen molar-refractivity contribution in [2.24, 2.45) is 0 Å². The summed E-state index contributed by atoms with van der Waals surface area (Å²) in [4.78, 5) is 19.7. The highest BCUT2D eigenvalue weighted by Gasteiger charge is 2.23. The molecule has 4 rings (SSSR count). The zero-order chi connectivity index (χ0) is 23.9. The molecule has 0 radical (unpaired) electrons. The lowest BCUT2D eigenvalue weighted by molar-refractivity contribution is -0.132. The Morgan fingerprint density at radius 1 is 1.00 bits per heavy atom. The zero-order valence-electron chi connectivity index (χ0n) is 20.6. The van der Waals surface area contributed by atoms with E-state index in [0.29, 0.717) is 18.4 Å². The van der Waals surface area contributed by atoms with E-state index in [1.807, 2.05) is 30.0 Å². The highest BCUT2D eigenvalue weighted by Crippen LogP contribution is 2.21. The van der Waals surface area contributed by atoms with Gasteiger partial charge in [-0.1, -0.05) is 17.7 Å². The SMILES string of the molecule is Cc1ccc(N2CCN(CCCC(=O)N3CCC(Nc4ccc(C#N)c(C)c4)CC3)CC2)cc1. The number of nitriles is 1. The second kappa shape index (κ2) is 11.4. The van der Waals surface area contributed by atoms with Crippen molar-refractivity contribution in [1.82, 2.24) is 9.80 Å². The molecule has 6 nitrogen and oxygen atoms in total. The first-order valence-electron chi connectivity index (χ1n) is 12.6. The van der Waals surface area contributed by atoms with Crippen LogP contribution in [0.2, 0.25) is 0 Å². The van der Waals surface area contributed by atoms with Gasteiger partial charge in [-0.2, -0.15) is 5.26 Å². The van der Waals surface area contributed by atoms with Gasteiger partial charge in [-0.05, 0) is 75.5 Å². The van der Waals surface area contributed by atoms with Crippen LogP contribution >= 0.6 is 0 Å². The van der Waals surface area contributed by atoms with Crippen molar-refractivity contribution in [2.45, 2.75) is 45.6 Å². The van der Waals surface area contributed by atoms with Crippen LogP contribution < -0.4 is 10.2 Å². The van der Waals surface area contributed by atoms with Crippen LogP contribution in [0.25, 0.3) is 0 Å². The summed E-state index contributed by atoms with van der Waals surface area (Å²) in [5.74, 6) is 0.297. The lowest BCUT2D eigenvalue weighted by Gasteiger charge is -2.36. The lowest BCUT2D eigenvalue weighted by atomic mass is 10.0. The number of aryl methyl sites for hydroxylation is 2. The first-order chi connectivity index (χ1) is 16.5. The van der Waals surface area contributed by atoms with Crippen molar-refractivity contribution in [3.05, 3.63) is 59.2 Å². The number of rotatable bonds is 7. The van der Waals surface area contributed by atoms with Crippen molar-refractivity contribution in [3.8, 4) is 6.07 Å². The summed E-state index contributed by atoms with van der Waals surface area (Å²) in [5, 5.41) is 12.7. The molecule has 2 fully saturated rings. The van der Waals surface area contributed by atoms with Crippen LogP contribution in [-0.4, -0.2) is 67.6 Å². The highest BCUT2D eigenvalue weighted by atomic mass is 16.2. The van der Waals surface area contributed by atoms with E-state index >= 15 is 0 Å². The van der Waals surface area contributed by atoms with Crippen LogP contribution in [0, 0.1) is 25.2 Å². The van der Waals surface area contributed by atoms with Crippen molar-refractivity contribution >= 4 is 17.3 Å². The Bertz CT molecular complexity index is 996. The van der Waals surface area contributed by atoms with E-state index in [-0.39, 0.29) is 0 Å². The molecule has 2 aromatic rings. The number of amides is 1. The molecule has 1 N–H and O–H groups in total. The third-order valence-corrected chi connectivity index (χ3v) is 7.20. The lowest BCUT2D eigenvalue weighted by Crippen LogP contribution is -2.47. The number of carbonyl (C=O) groups excluding carboxylic acids is 1. The molecule has 0 spiro atoms. The largest absolute Gasteiger partial charge is 0.382 e. The van der Waals surface area contributed by atoms with Gasteiger partial charge in [0.15, 0.2) is 0 Å². The van der Waals surface area contributed by atoms with E-state index in [1.54, 1.807) is 0 Å². The summed E-state index contributed by atoms with van der Waals surface area (Å²) in [6.07, 6.45) is 3.51. The van der Waals surface area contributed by atoms with Gasteiger partial charge in [0.2, 0.25) is 5.91 Å². The minimum Gasteiger partial charge on any atom is -0.382 e. The zero-order valence-corrected chi connectivity index (χ0v) is 20.6. The second-order valence-corrected chi connectivity index (χ2v) is 9.71. The van der Waals surface area contributed by atoms with E-state index in [2.05, 4.69) is 52.4 Å². The maximum absolute atomic E-state index is 12.7. The number of hydrogen-bond donors (Lipinski definition) is 1. The van der Waals surface area contributed by atoms with Crippen LogP contribution in [0.4, 0.5) is 11.4 Å². The minimum absolute atomic E-state index is 0.297. The van der Waals surface area contributed by atoms with E-state index in [1.165, 1.54) is 11.3 Å². The molecule has 2 saturated heterocycles. The van der Waals surface area contributed by atoms with Gasteiger partial charge >= 0.3 is 0 Å². The van der Waals surface area contributed by atoms with Crippen molar-refractivity contribution < 1.29 is 4.79 Å². The van der Waals surface area contributed by atoms with Gasteiger partial charge in [0.05, 0.1) is 11.6 Å². The number of benzene rings is 2. The molecule has 2 aliphatic rings. The summed E-state index contributed by atoms with van der Waals surface area (Å²) >= 11 is 0. The van der Waals surface area contributed by atoms with Crippen molar-refractivity contribution in [2.75, 3.05) is 56.0 Å². The quantitative estimate of drug-likeness (QED) is 0.673. The highest BCUT2D eigenvalue weighted by molar-refractivity contribution is 5.76. The molecule has 2 aliphatic heterocycles. The molecular formula is C28H37N5O. The Kier molecular flexibility index (Phi) is 8.08. The van der Waals surface area contributed by atoms with Crippen LogP contribution in [0.1, 0.15) is 42.4 Å². The summed E-state index contributed by atoms with van der Waals surface area (Å²) in [5.41, 5.74) is 5.39. The molecule has 2 heterocycles. The Morgan fingerprint density at radius 2 is 1.71 bits per heavy atom. The fourth-order valence-corrected chi connectivity index (χ4v) is 4.99. The van der Waals surface area contributed by atoms with Crippen LogP contribution in [0.15, 0.2) is 42.5 Å². The topological polar surface area (TPSA) is 62.6 Å². The number of piperazine rings is 1. The number of carbonyl (C=O) groups is 1. The fourth-order valence-electron chi connectivity index (χ4n) is 4.99. The molecule has 34 heavy (non-hydrogen) atoms. The van der Waals surface area contributed by atoms with Gasteiger partial charge in [0.25, 0.3) is 0 Å². The molecule has 0 unspecified atom stereocenters. The monoisotopic (exact) mass is 459 g/mol. The van der Waals surface area contributed by atoms with Gasteiger partial charge in [0, 0.05) is 63.1 Å². The Balaban J connectivity index is 1.12. The molecule has 1 amide bonds. The molecule has 6 heteroatoms. The average molecular weight is 460 g/mol. The van der Waals surface area contributed by atoms with E-state index in [0.717, 1.165) is 81.9 Å². The predicted octanol–water partition coefficient (Wildman–Crippen LogP) is 4.18. The third kappa shape index (κ3) is 6.30. The number of likely N-dealkylation sites (tertiary alicyclic amines) is 1. The van der Waals surface area contributed by atoms with Crippen LogP contribution in [0.3, 0.4) is 0 Å². The first-order valence-corrected chi connectivity index (χ1v) is 12.6. The van der Waals surface area contributed by atoms with Gasteiger partial charge in [-0.15, -0.1) is 0 Å². The molecule has 0 aliphatic carbocycles. The number of anilines is 2. The van der Waals surface area contributed by atoms with Crippen molar-refractivity contribution in [1.29, 1.82) is 5.26 Å². The summed E-state index contributed by atoms with van der Waals surface area (Å²) in [7, 11) is 0. The van der Waals surface area contributed by atoms with E-state index < -0.39 is 0 Å². The first kappa shape index (κ1) is 24.1. The Labute approximate surface area is 204 Å². The average Bonchev–Trinajstić information content (AvgIpc) is 2.85. The number of nitrogens with one attached hydrogen (secondary N) is 1. The Hall–Kier alpha value is -3.04. The fraction of sp³-hybridized carbons (Fsp3) is 0.500. The van der Waals surface area contributed by atoms with Gasteiger partial charge in [0.1, 0.15) is 0 Å². The van der Waals surface area contributed by atoms with E-state index in [9.17, 15) is 4.79 Å².